The van der Waals surface area contributed by atoms with Crippen molar-refractivity contribution < 1.29 is 5.11 Å². The zero-order valence-corrected chi connectivity index (χ0v) is 10.7. The molecule has 0 spiro atoms. The highest BCUT2D eigenvalue weighted by Gasteiger charge is 2.44. The molecule has 0 saturated heterocycles. The summed E-state index contributed by atoms with van der Waals surface area (Å²) in [6, 6.07) is 0.701. The van der Waals surface area contributed by atoms with Gasteiger partial charge in [-0.1, -0.05) is 6.42 Å². The van der Waals surface area contributed by atoms with Gasteiger partial charge in [-0.25, -0.2) is 0 Å². The number of nitrogens with zero attached hydrogens (tertiary/aromatic N) is 1. The Morgan fingerprint density at radius 1 is 1.31 bits per heavy atom. The Labute approximate surface area is 99.2 Å². The lowest BCUT2D eigenvalue weighted by atomic mass is 9.85. The quantitative estimate of drug-likeness (QED) is 0.715. The summed E-state index contributed by atoms with van der Waals surface area (Å²) in [6.45, 7) is 1.46. The van der Waals surface area contributed by atoms with Gasteiger partial charge in [-0.2, -0.15) is 0 Å². The SMILES string of the molecule is CN(C)CCC1CCCC1(CO)NC1CC1. The highest BCUT2D eigenvalue weighted by atomic mass is 16.3. The van der Waals surface area contributed by atoms with Crippen molar-refractivity contribution in [3.63, 3.8) is 0 Å². The molecule has 2 N–H and O–H groups in total. The minimum atomic E-state index is 0.0528. The van der Waals surface area contributed by atoms with Gasteiger partial charge in [0.15, 0.2) is 0 Å². The van der Waals surface area contributed by atoms with E-state index in [2.05, 4.69) is 24.3 Å². The van der Waals surface area contributed by atoms with Crippen molar-refractivity contribution in [2.45, 2.75) is 50.1 Å². The second-order valence-electron chi connectivity index (χ2n) is 5.91. The van der Waals surface area contributed by atoms with Crippen LogP contribution in [-0.2, 0) is 0 Å². The van der Waals surface area contributed by atoms with Gasteiger partial charge in [-0.15, -0.1) is 0 Å². The molecule has 3 nitrogen and oxygen atoms in total. The van der Waals surface area contributed by atoms with E-state index in [1.165, 1.54) is 32.1 Å². The van der Waals surface area contributed by atoms with Crippen LogP contribution in [0.5, 0.6) is 0 Å². The average molecular weight is 226 g/mol. The Kier molecular flexibility index (Phi) is 3.88. The molecule has 2 aliphatic carbocycles. The first-order valence-corrected chi connectivity index (χ1v) is 6.69. The summed E-state index contributed by atoms with van der Waals surface area (Å²) in [7, 11) is 4.26. The molecule has 0 aromatic heterocycles. The van der Waals surface area contributed by atoms with Crippen molar-refractivity contribution in [3.8, 4) is 0 Å². The van der Waals surface area contributed by atoms with E-state index in [1.807, 2.05) is 0 Å². The van der Waals surface area contributed by atoms with Crippen LogP contribution in [0, 0.1) is 5.92 Å². The van der Waals surface area contributed by atoms with Crippen molar-refractivity contribution in [3.05, 3.63) is 0 Å². The Morgan fingerprint density at radius 2 is 2.06 bits per heavy atom. The Morgan fingerprint density at radius 3 is 2.62 bits per heavy atom. The molecule has 0 aliphatic heterocycles. The largest absolute Gasteiger partial charge is 0.394 e. The van der Waals surface area contributed by atoms with Crippen LogP contribution in [0.4, 0.5) is 0 Å². The maximum atomic E-state index is 9.75. The normalized spacial score (nSPS) is 34.9. The van der Waals surface area contributed by atoms with Gasteiger partial charge in [-0.3, -0.25) is 0 Å². The van der Waals surface area contributed by atoms with Crippen LogP contribution >= 0.6 is 0 Å². The summed E-state index contributed by atoms with van der Waals surface area (Å²) in [5.41, 5.74) is 0.0528. The Bertz CT molecular complexity index is 228. The van der Waals surface area contributed by atoms with Gasteiger partial charge in [0.25, 0.3) is 0 Å². The van der Waals surface area contributed by atoms with Crippen LogP contribution < -0.4 is 5.32 Å². The molecule has 2 atom stereocenters. The molecule has 0 aromatic rings. The zero-order valence-electron chi connectivity index (χ0n) is 10.7. The van der Waals surface area contributed by atoms with E-state index in [0.717, 1.165) is 13.0 Å². The molecule has 2 unspecified atom stereocenters. The third-order valence-corrected chi connectivity index (χ3v) is 4.23. The van der Waals surface area contributed by atoms with Crippen molar-refractivity contribution >= 4 is 0 Å². The van der Waals surface area contributed by atoms with E-state index in [4.69, 9.17) is 0 Å². The van der Waals surface area contributed by atoms with Crippen molar-refractivity contribution in [1.82, 2.24) is 10.2 Å². The third-order valence-electron chi connectivity index (χ3n) is 4.23. The molecule has 94 valence electrons. The lowest BCUT2D eigenvalue weighted by molar-refractivity contribution is 0.113. The first kappa shape index (κ1) is 12.3. The number of aliphatic hydroxyl groups excluding tert-OH is 1. The molecule has 2 saturated carbocycles. The topological polar surface area (TPSA) is 35.5 Å². The molecule has 0 heterocycles. The molecule has 2 rings (SSSR count). The summed E-state index contributed by atoms with van der Waals surface area (Å²) in [4.78, 5) is 2.25. The third kappa shape index (κ3) is 2.76. The van der Waals surface area contributed by atoms with Crippen LogP contribution in [-0.4, -0.2) is 48.8 Å². The summed E-state index contributed by atoms with van der Waals surface area (Å²) in [6.07, 6.45) is 7.56. The molecule has 0 amide bonds. The van der Waals surface area contributed by atoms with Crippen molar-refractivity contribution in [2.75, 3.05) is 27.2 Å². The lowest BCUT2D eigenvalue weighted by Gasteiger charge is -2.36. The summed E-state index contributed by atoms with van der Waals surface area (Å²) < 4.78 is 0. The summed E-state index contributed by atoms with van der Waals surface area (Å²) >= 11 is 0. The number of nitrogens with one attached hydrogen (secondary N) is 1. The summed E-state index contributed by atoms with van der Waals surface area (Å²) in [5, 5.41) is 13.5. The standard InChI is InChI=1S/C13H26N2O/c1-15(2)9-7-11-4-3-8-13(11,10-16)14-12-5-6-12/h11-12,14,16H,3-10H2,1-2H3. The fraction of sp³-hybridized carbons (Fsp3) is 1.00. The first-order valence-electron chi connectivity index (χ1n) is 6.69. The molecule has 2 aliphatic rings. The van der Waals surface area contributed by atoms with Crippen molar-refractivity contribution in [2.24, 2.45) is 5.92 Å². The maximum absolute atomic E-state index is 9.75. The first-order chi connectivity index (χ1) is 7.66. The number of aliphatic hydroxyl groups is 1. The van der Waals surface area contributed by atoms with E-state index in [0.29, 0.717) is 18.6 Å². The number of hydrogen-bond acceptors (Lipinski definition) is 3. The van der Waals surface area contributed by atoms with Crippen LogP contribution in [0.15, 0.2) is 0 Å². The van der Waals surface area contributed by atoms with Crippen molar-refractivity contribution in [1.29, 1.82) is 0 Å². The monoisotopic (exact) mass is 226 g/mol. The fourth-order valence-electron chi connectivity index (χ4n) is 3.06. The smallest absolute Gasteiger partial charge is 0.0616 e. The molecule has 0 radical (unpaired) electrons. The molecule has 0 aromatic carbocycles. The summed E-state index contributed by atoms with van der Waals surface area (Å²) in [5.74, 6) is 0.667. The van der Waals surface area contributed by atoms with Crippen LogP contribution in [0.3, 0.4) is 0 Å². The van der Waals surface area contributed by atoms with Crippen LogP contribution in [0.1, 0.15) is 38.5 Å². The molecule has 3 heteroatoms. The van der Waals surface area contributed by atoms with Gasteiger partial charge in [0.2, 0.25) is 0 Å². The van der Waals surface area contributed by atoms with Gasteiger partial charge in [-0.05, 0) is 58.7 Å². The van der Waals surface area contributed by atoms with E-state index in [9.17, 15) is 5.11 Å². The predicted octanol–water partition coefficient (Wildman–Crippen LogP) is 1.22. The van der Waals surface area contributed by atoms with E-state index >= 15 is 0 Å². The van der Waals surface area contributed by atoms with E-state index in [1.54, 1.807) is 0 Å². The average Bonchev–Trinajstić information content (AvgIpc) is 2.95. The Hall–Kier alpha value is -0.120. The molecule has 0 bridgehead atoms. The highest BCUT2D eigenvalue weighted by molar-refractivity contribution is 5.03. The second-order valence-corrected chi connectivity index (χ2v) is 5.91. The van der Waals surface area contributed by atoms with Gasteiger partial charge in [0.1, 0.15) is 0 Å². The number of rotatable bonds is 6. The van der Waals surface area contributed by atoms with Crippen LogP contribution in [0.25, 0.3) is 0 Å². The van der Waals surface area contributed by atoms with Gasteiger partial charge < -0.3 is 15.3 Å². The minimum absolute atomic E-state index is 0.0528. The van der Waals surface area contributed by atoms with E-state index in [-0.39, 0.29) is 5.54 Å². The molecule has 16 heavy (non-hydrogen) atoms. The van der Waals surface area contributed by atoms with Crippen LogP contribution in [0.2, 0.25) is 0 Å². The second kappa shape index (κ2) is 5.03. The zero-order chi connectivity index (χ0) is 11.6. The number of hydrogen-bond donors (Lipinski definition) is 2. The van der Waals surface area contributed by atoms with Gasteiger partial charge in [0.05, 0.1) is 6.61 Å². The van der Waals surface area contributed by atoms with E-state index < -0.39 is 0 Å². The van der Waals surface area contributed by atoms with Gasteiger partial charge >= 0.3 is 0 Å². The predicted molar refractivity (Wildman–Crippen MR) is 66.5 cm³/mol. The highest BCUT2D eigenvalue weighted by Crippen LogP contribution is 2.40. The minimum Gasteiger partial charge on any atom is -0.394 e. The molecular formula is C13H26N2O. The van der Waals surface area contributed by atoms with Gasteiger partial charge in [0, 0.05) is 11.6 Å². The lowest BCUT2D eigenvalue weighted by Crippen LogP contribution is -2.52. The maximum Gasteiger partial charge on any atom is 0.0616 e. The molecule has 2 fully saturated rings. The molecular weight excluding hydrogens is 200 g/mol. The Balaban J connectivity index is 1.92. The fourth-order valence-corrected chi connectivity index (χ4v) is 3.06.